The molecule has 1 rings (SSSR count). The van der Waals surface area contributed by atoms with Crippen LogP contribution in [-0.4, -0.2) is 11.8 Å². The Morgan fingerprint density at radius 2 is 1.12 bits per heavy atom. The van der Waals surface area contributed by atoms with Crippen LogP contribution in [0, 0.1) is 5.92 Å². The van der Waals surface area contributed by atoms with Gasteiger partial charge in [0.15, 0.2) is 0 Å². The quantitative estimate of drug-likeness (QED) is 0.281. The molecule has 0 aromatic heterocycles. The first-order valence-electron chi connectivity index (χ1n) is 10.6. The van der Waals surface area contributed by atoms with Gasteiger partial charge < -0.3 is 0 Å². The second-order valence-electron chi connectivity index (χ2n) is 7.55. The minimum absolute atomic E-state index is 0.0422. The maximum Gasteiger partial charge on any atom is 0.230 e. The number of hydrogen-bond acceptors (Lipinski definition) is 2. The molecule has 0 radical (unpaired) electrons. The Labute approximate surface area is 149 Å². The molecule has 0 aromatic carbocycles. The van der Waals surface area contributed by atoms with Gasteiger partial charge in [-0.25, -0.2) is 0 Å². The molecule has 1 aliphatic rings. The molecular formula is C21H39NO2. The number of carbonyl (C=O) groups is 2. The molecule has 0 spiro atoms. The lowest BCUT2D eigenvalue weighted by Gasteiger charge is -2.05. The number of hydrogen-bond donors (Lipinski definition) is 1. The zero-order valence-corrected chi connectivity index (χ0v) is 15.9. The summed E-state index contributed by atoms with van der Waals surface area (Å²) in [5.41, 5.74) is 0. The maximum absolute atomic E-state index is 11.4. The minimum atomic E-state index is -0.0917. The van der Waals surface area contributed by atoms with Crippen LogP contribution in [0.3, 0.4) is 0 Å². The fourth-order valence-corrected chi connectivity index (χ4v) is 3.60. The SMILES string of the molecule is CCCCCCCCCCCCCCCCCC1CC(=O)NC1=O. The van der Waals surface area contributed by atoms with E-state index in [-0.39, 0.29) is 17.7 Å². The van der Waals surface area contributed by atoms with Gasteiger partial charge in [0.05, 0.1) is 0 Å². The first kappa shape index (κ1) is 21.2. The highest BCUT2D eigenvalue weighted by Gasteiger charge is 2.29. The molecule has 1 N–H and O–H groups in total. The van der Waals surface area contributed by atoms with E-state index in [1.54, 1.807) is 0 Å². The highest BCUT2D eigenvalue weighted by atomic mass is 16.2. The molecule has 1 heterocycles. The lowest BCUT2D eigenvalue weighted by atomic mass is 9.98. The second kappa shape index (κ2) is 14.5. The van der Waals surface area contributed by atoms with Gasteiger partial charge >= 0.3 is 0 Å². The molecule has 24 heavy (non-hydrogen) atoms. The molecule has 2 amide bonds. The van der Waals surface area contributed by atoms with Gasteiger partial charge in [-0.15, -0.1) is 0 Å². The standard InChI is InChI=1S/C21H39NO2/c1-2-3-4-5-6-7-8-9-10-11-12-13-14-15-16-17-19-18-20(23)22-21(19)24/h19H,2-18H2,1H3,(H,22,23,24). The molecule has 1 unspecified atom stereocenters. The fraction of sp³-hybridized carbons (Fsp3) is 0.905. The summed E-state index contributed by atoms with van der Waals surface area (Å²) in [6, 6.07) is 0. The summed E-state index contributed by atoms with van der Waals surface area (Å²) in [5.74, 6) is -0.184. The molecule has 3 heteroatoms. The topological polar surface area (TPSA) is 46.2 Å². The number of rotatable bonds is 16. The molecule has 1 fully saturated rings. The minimum Gasteiger partial charge on any atom is -0.296 e. The summed E-state index contributed by atoms with van der Waals surface area (Å²) >= 11 is 0. The average Bonchev–Trinajstić information content (AvgIpc) is 2.88. The highest BCUT2D eigenvalue weighted by molar-refractivity contribution is 6.03. The van der Waals surface area contributed by atoms with Crippen molar-refractivity contribution in [1.29, 1.82) is 0 Å². The van der Waals surface area contributed by atoms with E-state index in [0.29, 0.717) is 6.42 Å². The number of imide groups is 1. The van der Waals surface area contributed by atoms with E-state index in [2.05, 4.69) is 12.2 Å². The number of amides is 2. The van der Waals surface area contributed by atoms with Crippen molar-refractivity contribution in [2.75, 3.05) is 0 Å². The molecule has 0 aliphatic carbocycles. The summed E-state index contributed by atoms with van der Waals surface area (Å²) in [5, 5.41) is 2.39. The smallest absolute Gasteiger partial charge is 0.230 e. The summed E-state index contributed by atoms with van der Waals surface area (Å²) in [4.78, 5) is 22.5. The van der Waals surface area contributed by atoms with E-state index >= 15 is 0 Å². The van der Waals surface area contributed by atoms with Crippen molar-refractivity contribution in [1.82, 2.24) is 5.32 Å². The lowest BCUT2D eigenvalue weighted by Crippen LogP contribution is -2.21. The van der Waals surface area contributed by atoms with E-state index in [0.717, 1.165) is 12.8 Å². The predicted octanol–water partition coefficient (Wildman–Crippen LogP) is 5.91. The van der Waals surface area contributed by atoms with Crippen LogP contribution in [-0.2, 0) is 9.59 Å². The van der Waals surface area contributed by atoms with Gasteiger partial charge in [0.2, 0.25) is 11.8 Å². The highest BCUT2D eigenvalue weighted by Crippen LogP contribution is 2.19. The van der Waals surface area contributed by atoms with E-state index in [9.17, 15) is 9.59 Å². The Morgan fingerprint density at radius 1 is 0.708 bits per heavy atom. The van der Waals surface area contributed by atoms with Crippen LogP contribution in [0.4, 0.5) is 0 Å². The van der Waals surface area contributed by atoms with Crippen LogP contribution in [0.2, 0.25) is 0 Å². The van der Waals surface area contributed by atoms with Crippen molar-refractivity contribution >= 4 is 11.8 Å². The molecule has 140 valence electrons. The van der Waals surface area contributed by atoms with E-state index < -0.39 is 0 Å². The molecular weight excluding hydrogens is 298 g/mol. The van der Waals surface area contributed by atoms with Gasteiger partial charge in [0.25, 0.3) is 0 Å². The van der Waals surface area contributed by atoms with Crippen LogP contribution < -0.4 is 5.32 Å². The summed E-state index contributed by atoms with van der Waals surface area (Å²) in [7, 11) is 0. The number of unbranched alkanes of at least 4 members (excludes halogenated alkanes) is 14. The lowest BCUT2D eigenvalue weighted by molar-refractivity contribution is -0.125. The van der Waals surface area contributed by atoms with E-state index in [1.165, 1.54) is 89.9 Å². The fourth-order valence-electron chi connectivity index (χ4n) is 3.60. The Kier molecular flexibility index (Phi) is 12.8. The second-order valence-corrected chi connectivity index (χ2v) is 7.55. The van der Waals surface area contributed by atoms with Crippen molar-refractivity contribution in [2.45, 2.75) is 116 Å². The van der Waals surface area contributed by atoms with Gasteiger partial charge in [0.1, 0.15) is 0 Å². The molecule has 0 saturated carbocycles. The first-order valence-corrected chi connectivity index (χ1v) is 10.6. The number of nitrogens with one attached hydrogen (secondary N) is 1. The van der Waals surface area contributed by atoms with Gasteiger partial charge in [-0.3, -0.25) is 14.9 Å². The molecule has 3 nitrogen and oxygen atoms in total. The van der Waals surface area contributed by atoms with Crippen molar-refractivity contribution in [3.8, 4) is 0 Å². The molecule has 1 atom stereocenters. The largest absolute Gasteiger partial charge is 0.296 e. The molecule has 0 aromatic rings. The molecule has 1 saturated heterocycles. The van der Waals surface area contributed by atoms with E-state index in [1.807, 2.05) is 0 Å². The summed E-state index contributed by atoms with van der Waals surface area (Å²) < 4.78 is 0. The van der Waals surface area contributed by atoms with Crippen molar-refractivity contribution in [2.24, 2.45) is 5.92 Å². The normalized spacial score (nSPS) is 17.5. The van der Waals surface area contributed by atoms with Gasteiger partial charge in [-0.1, -0.05) is 103 Å². The Morgan fingerprint density at radius 3 is 1.50 bits per heavy atom. The average molecular weight is 338 g/mol. The van der Waals surface area contributed by atoms with Crippen molar-refractivity contribution in [3.63, 3.8) is 0 Å². The van der Waals surface area contributed by atoms with Crippen LogP contribution in [0.5, 0.6) is 0 Å². The van der Waals surface area contributed by atoms with Crippen LogP contribution >= 0.6 is 0 Å². The Hall–Kier alpha value is -0.860. The van der Waals surface area contributed by atoms with Gasteiger partial charge in [-0.2, -0.15) is 0 Å². The first-order chi connectivity index (χ1) is 11.7. The third-order valence-corrected chi connectivity index (χ3v) is 5.22. The van der Waals surface area contributed by atoms with Crippen molar-refractivity contribution < 1.29 is 9.59 Å². The van der Waals surface area contributed by atoms with Gasteiger partial charge in [0, 0.05) is 12.3 Å². The van der Waals surface area contributed by atoms with Crippen LogP contribution in [0.25, 0.3) is 0 Å². The zero-order valence-electron chi connectivity index (χ0n) is 15.9. The summed E-state index contributed by atoms with van der Waals surface area (Å²) in [6.07, 6.45) is 21.7. The van der Waals surface area contributed by atoms with Crippen LogP contribution in [0.15, 0.2) is 0 Å². The van der Waals surface area contributed by atoms with Gasteiger partial charge in [-0.05, 0) is 6.42 Å². The zero-order chi connectivity index (χ0) is 17.5. The predicted molar refractivity (Wildman–Crippen MR) is 101 cm³/mol. The summed E-state index contributed by atoms with van der Waals surface area (Å²) in [6.45, 7) is 2.27. The molecule has 0 bridgehead atoms. The number of carbonyl (C=O) groups excluding carboxylic acids is 2. The Balaban J connectivity index is 1.73. The van der Waals surface area contributed by atoms with E-state index in [4.69, 9.17) is 0 Å². The molecule has 1 aliphatic heterocycles. The van der Waals surface area contributed by atoms with Crippen LogP contribution in [0.1, 0.15) is 116 Å². The monoisotopic (exact) mass is 337 g/mol. The van der Waals surface area contributed by atoms with Crippen molar-refractivity contribution in [3.05, 3.63) is 0 Å². The third-order valence-electron chi connectivity index (χ3n) is 5.22. The maximum atomic E-state index is 11.4. The third kappa shape index (κ3) is 10.8. The Bertz CT molecular complexity index is 341.